The molecule has 2 atom stereocenters. The van der Waals surface area contributed by atoms with Crippen molar-refractivity contribution in [3.63, 3.8) is 0 Å². The van der Waals surface area contributed by atoms with Crippen LogP contribution < -0.4 is 5.32 Å². The molecule has 0 radical (unpaired) electrons. The SMILES string of the molecule is Cn1cc(C(NC(=O)C2CCCCS2)C(=O)O)cn1. The standard InChI is InChI=1S/C12H17N3O3S/c1-15-7-8(6-13-15)10(12(17)18)14-11(16)9-4-2-3-5-19-9/h6-7,9-10H,2-5H2,1H3,(H,14,16)(H,17,18). The van der Waals surface area contributed by atoms with Crippen LogP contribution in [0.25, 0.3) is 0 Å². The lowest BCUT2D eigenvalue weighted by molar-refractivity contribution is -0.142. The third-order valence-corrected chi connectivity index (χ3v) is 4.44. The quantitative estimate of drug-likeness (QED) is 0.859. The molecule has 1 fully saturated rings. The number of amides is 1. The molecular weight excluding hydrogens is 266 g/mol. The van der Waals surface area contributed by atoms with Crippen LogP contribution in [0.2, 0.25) is 0 Å². The average molecular weight is 283 g/mol. The maximum atomic E-state index is 12.1. The molecule has 1 saturated heterocycles. The predicted octanol–water partition coefficient (Wildman–Crippen LogP) is 0.948. The van der Waals surface area contributed by atoms with E-state index in [9.17, 15) is 14.7 Å². The van der Waals surface area contributed by atoms with E-state index in [0.29, 0.717) is 5.56 Å². The van der Waals surface area contributed by atoms with Gasteiger partial charge >= 0.3 is 5.97 Å². The zero-order valence-corrected chi connectivity index (χ0v) is 11.5. The van der Waals surface area contributed by atoms with Crippen LogP contribution in [0.3, 0.4) is 0 Å². The molecule has 1 aliphatic heterocycles. The number of aliphatic carboxylic acids is 1. The second-order valence-corrected chi connectivity index (χ2v) is 5.89. The van der Waals surface area contributed by atoms with E-state index >= 15 is 0 Å². The highest BCUT2D eigenvalue weighted by Gasteiger charge is 2.28. The highest BCUT2D eigenvalue weighted by Crippen LogP contribution is 2.26. The summed E-state index contributed by atoms with van der Waals surface area (Å²) < 4.78 is 1.52. The number of nitrogens with one attached hydrogen (secondary N) is 1. The number of aryl methyl sites for hydroxylation is 1. The Balaban J connectivity index is 2.04. The fourth-order valence-corrected chi connectivity index (χ4v) is 3.27. The van der Waals surface area contributed by atoms with Gasteiger partial charge in [-0.3, -0.25) is 9.48 Å². The van der Waals surface area contributed by atoms with E-state index in [2.05, 4.69) is 10.4 Å². The van der Waals surface area contributed by atoms with Crippen molar-refractivity contribution in [1.82, 2.24) is 15.1 Å². The van der Waals surface area contributed by atoms with Crippen LogP contribution >= 0.6 is 11.8 Å². The fourth-order valence-electron chi connectivity index (χ4n) is 2.06. The Morgan fingerprint density at radius 2 is 2.37 bits per heavy atom. The van der Waals surface area contributed by atoms with Crippen molar-refractivity contribution in [2.45, 2.75) is 30.6 Å². The predicted molar refractivity (Wildman–Crippen MR) is 71.8 cm³/mol. The van der Waals surface area contributed by atoms with Crippen molar-refractivity contribution in [3.05, 3.63) is 18.0 Å². The Hall–Kier alpha value is -1.50. The van der Waals surface area contributed by atoms with Crippen LogP contribution in [0.5, 0.6) is 0 Å². The van der Waals surface area contributed by atoms with Crippen LogP contribution in [0.15, 0.2) is 12.4 Å². The Morgan fingerprint density at radius 3 is 2.89 bits per heavy atom. The molecule has 104 valence electrons. The average Bonchev–Trinajstić information content (AvgIpc) is 2.82. The van der Waals surface area contributed by atoms with E-state index in [1.165, 1.54) is 10.9 Å². The van der Waals surface area contributed by atoms with Gasteiger partial charge in [-0.05, 0) is 18.6 Å². The first kappa shape index (κ1) is 13.9. The molecule has 2 unspecified atom stereocenters. The van der Waals surface area contributed by atoms with Gasteiger partial charge in [0, 0.05) is 18.8 Å². The van der Waals surface area contributed by atoms with Gasteiger partial charge in [-0.15, -0.1) is 11.8 Å². The molecule has 0 spiro atoms. The van der Waals surface area contributed by atoms with Crippen LogP contribution in [0.1, 0.15) is 30.9 Å². The molecule has 1 aromatic rings. The van der Waals surface area contributed by atoms with Gasteiger partial charge in [0.1, 0.15) is 0 Å². The topological polar surface area (TPSA) is 84.2 Å². The molecule has 6 nitrogen and oxygen atoms in total. The van der Waals surface area contributed by atoms with Gasteiger partial charge in [0.05, 0.1) is 11.4 Å². The van der Waals surface area contributed by atoms with E-state index in [0.717, 1.165) is 25.0 Å². The second kappa shape index (κ2) is 6.10. The number of rotatable bonds is 4. The highest BCUT2D eigenvalue weighted by atomic mass is 32.2. The van der Waals surface area contributed by atoms with Crippen molar-refractivity contribution < 1.29 is 14.7 Å². The fraction of sp³-hybridized carbons (Fsp3) is 0.583. The zero-order chi connectivity index (χ0) is 13.8. The summed E-state index contributed by atoms with van der Waals surface area (Å²) in [6.07, 6.45) is 6.03. The second-order valence-electron chi connectivity index (χ2n) is 4.58. The molecule has 1 aromatic heterocycles. The van der Waals surface area contributed by atoms with Gasteiger partial charge in [-0.1, -0.05) is 6.42 Å². The smallest absolute Gasteiger partial charge is 0.331 e. The van der Waals surface area contributed by atoms with E-state index < -0.39 is 12.0 Å². The number of carbonyl (C=O) groups excluding carboxylic acids is 1. The van der Waals surface area contributed by atoms with E-state index in [1.807, 2.05) is 0 Å². The maximum absolute atomic E-state index is 12.1. The number of hydrogen-bond acceptors (Lipinski definition) is 4. The molecule has 7 heteroatoms. The number of nitrogens with zero attached hydrogens (tertiary/aromatic N) is 2. The Labute approximate surface area is 115 Å². The summed E-state index contributed by atoms with van der Waals surface area (Å²) in [6.45, 7) is 0. The molecule has 0 bridgehead atoms. The summed E-state index contributed by atoms with van der Waals surface area (Å²) in [6, 6.07) is -1.02. The summed E-state index contributed by atoms with van der Waals surface area (Å²) in [4.78, 5) is 23.3. The molecule has 0 saturated carbocycles. The molecule has 2 N–H and O–H groups in total. The van der Waals surface area contributed by atoms with E-state index in [1.54, 1.807) is 25.0 Å². The molecule has 0 aliphatic carbocycles. The van der Waals surface area contributed by atoms with Crippen LogP contribution in [-0.4, -0.2) is 37.8 Å². The minimum atomic E-state index is -1.07. The van der Waals surface area contributed by atoms with Gasteiger partial charge in [-0.2, -0.15) is 5.10 Å². The molecule has 19 heavy (non-hydrogen) atoms. The van der Waals surface area contributed by atoms with Crippen molar-refractivity contribution in [1.29, 1.82) is 0 Å². The summed E-state index contributed by atoms with van der Waals surface area (Å²) >= 11 is 1.60. The molecule has 1 amide bonds. The van der Waals surface area contributed by atoms with Gasteiger partial charge < -0.3 is 10.4 Å². The molecule has 1 aliphatic rings. The first-order chi connectivity index (χ1) is 9.08. The third-order valence-electron chi connectivity index (χ3n) is 3.06. The molecule has 2 rings (SSSR count). The summed E-state index contributed by atoms with van der Waals surface area (Å²) in [5.74, 6) is -0.300. The maximum Gasteiger partial charge on any atom is 0.331 e. The number of hydrogen-bond donors (Lipinski definition) is 2. The van der Waals surface area contributed by atoms with Crippen molar-refractivity contribution in [2.75, 3.05) is 5.75 Å². The number of aromatic nitrogens is 2. The minimum Gasteiger partial charge on any atom is -0.479 e. The van der Waals surface area contributed by atoms with Crippen molar-refractivity contribution in [2.24, 2.45) is 7.05 Å². The lowest BCUT2D eigenvalue weighted by atomic mass is 10.1. The number of carboxylic acids is 1. The molecule has 2 heterocycles. The van der Waals surface area contributed by atoms with Gasteiger partial charge in [-0.25, -0.2) is 4.79 Å². The van der Waals surface area contributed by atoms with Gasteiger partial charge in [0.25, 0.3) is 0 Å². The molecular formula is C12H17N3O3S. The third kappa shape index (κ3) is 3.50. The summed E-state index contributed by atoms with van der Waals surface area (Å²) in [5.41, 5.74) is 0.490. The zero-order valence-electron chi connectivity index (χ0n) is 10.7. The van der Waals surface area contributed by atoms with Gasteiger partial charge in [0.15, 0.2) is 6.04 Å². The lowest BCUT2D eigenvalue weighted by Gasteiger charge is -2.22. The lowest BCUT2D eigenvalue weighted by Crippen LogP contribution is -2.39. The van der Waals surface area contributed by atoms with Crippen LogP contribution in [-0.2, 0) is 16.6 Å². The number of carboxylic acid groups (broad SMARTS) is 1. The van der Waals surface area contributed by atoms with Gasteiger partial charge in [0.2, 0.25) is 5.91 Å². The van der Waals surface area contributed by atoms with E-state index in [-0.39, 0.29) is 11.2 Å². The Morgan fingerprint density at radius 1 is 1.58 bits per heavy atom. The normalized spacial score (nSPS) is 20.8. The summed E-state index contributed by atoms with van der Waals surface area (Å²) in [7, 11) is 1.71. The van der Waals surface area contributed by atoms with Crippen LogP contribution in [0.4, 0.5) is 0 Å². The number of carbonyl (C=O) groups is 2. The Bertz CT molecular complexity index is 469. The van der Waals surface area contributed by atoms with Crippen molar-refractivity contribution >= 4 is 23.6 Å². The first-order valence-electron chi connectivity index (χ1n) is 6.21. The van der Waals surface area contributed by atoms with E-state index in [4.69, 9.17) is 0 Å². The highest BCUT2D eigenvalue weighted by molar-refractivity contribution is 8.00. The number of thioether (sulfide) groups is 1. The largest absolute Gasteiger partial charge is 0.479 e. The van der Waals surface area contributed by atoms with Crippen LogP contribution in [0, 0.1) is 0 Å². The minimum absolute atomic E-state index is 0.132. The van der Waals surface area contributed by atoms with Crippen molar-refractivity contribution in [3.8, 4) is 0 Å². The molecule has 0 aromatic carbocycles. The Kier molecular flexibility index (Phi) is 4.47. The first-order valence-corrected chi connectivity index (χ1v) is 7.26. The monoisotopic (exact) mass is 283 g/mol. The summed E-state index contributed by atoms with van der Waals surface area (Å²) in [5, 5.41) is 15.6.